The average Bonchev–Trinajstić information content (AvgIpc) is 2.74. The van der Waals surface area contributed by atoms with Crippen molar-refractivity contribution in [3.63, 3.8) is 0 Å². The predicted molar refractivity (Wildman–Crippen MR) is 111 cm³/mol. The molecule has 148 valence electrons. The lowest BCUT2D eigenvalue weighted by atomic mass is 10.1. The van der Waals surface area contributed by atoms with Crippen molar-refractivity contribution in [2.45, 2.75) is 19.5 Å². The van der Waals surface area contributed by atoms with Gasteiger partial charge in [-0.25, -0.2) is 0 Å². The number of hydrogen-bond acceptors (Lipinski definition) is 4. The van der Waals surface area contributed by atoms with Gasteiger partial charge in [0.25, 0.3) is 5.91 Å². The lowest BCUT2D eigenvalue weighted by Crippen LogP contribution is -2.51. The molecule has 1 aliphatic heterocycles. The smallest absolute Gasteiger partial charge is 0.251 e. The number of rotatable bonds is 6. The van der Waals surface area contributed by atoms with Gasteiger partial charge in [-0.2, -0.15) is 0 Å². The van der Waals surface area contributed by atoms with Gasteiger partial charge in [-0.15, -0.1) is 0 Å². The first kappa shape index (κ1) is 19.9. The average molecular weight is 380 g/mol. The molecule has 3 rings (SSSR count). The van der Waals surface area contributed by atoms with E-state index in [0.717, 1.165) is 38.4 Å². The highest BCUT2D eigenvalue weighted by atomic mass is 16.2. The Labute approximate surface area is 166 Å². The molecule has 1 atom stereocenters. The Morgan fingerprint density at radius 1 is 1.00 bits per heavy atom. The molecule has 0 saturated carbocycles. The van der Waals surface area contributed by atoms with Crippen LogP contribution in [0.3, 0.4) is 0 Å². The van der Waals surface area contributed by atoms with E-state index in [-0.39, 0.29) is 17.9 Å². The number of nitrogens with one attached hydrogen (secondary N) is 2. The van der Waals surface area contributed by atoms with Gasteiger partial charge in [0, 0.05) is 51.0 Å². The molecule has 1 fully saturated rings. The van der Waals surface area contributed by atoms with Gasteiger partial charge in [0.2, 0.25) is 5.91 Å². The van der Waals surface area contributed by atoms with Gasteiger partial charge >= 0.3 is 0 Å². The Balaban J connectivity index is 1.51. The molecule has 2 N–H and O–H groups in total. The SMILES string of the molecule is CNC(=O)c1cccc(N[C@H](C)C(=O)N2CCN(Cc3ccccc3)CC2)c1. The summed E-state index contributed by atoms with van der Waals surface area (Å²) in [7, 11) is 1.60. The molecule has 1 aliphatic rings. The first-order valence-electron chi connectivity index (χ1n) is 9.70. The minimum Gasteiger partial charge on any atom is -0.374 e. The quantitative estimate of drug-likeness (QED) is 0.806. The lowest BCUT2D eigenvalue weighted by Gasteiger charge is -2.36. The fourth-order valence-electron chi connectivity index (χ4n) is 3.45. The van der Waals surface area contributed by atoms with Crippen molar-refractivity contribution in [1.82, 2.24) is 15.1 Å². The molecule has 6 heteroatoms. The van der Waals surface area contributed by atoms with E-state index in [2.05, 4.69) is 39.8 Å². The zero-order chi connectivity index (χ0) is 19.9. The number of amides is 2. The van der Waals surface area contributed by atoms with Crippen molar-refractivity contribution in [3.05, 3.63) is 65.7 Å². The Morgan fingerprint density at radius 2 is 1.71 bits per heavy atom. The van der Waals surface area contributed by atoms with Gasteiger partial charge in [-0.05, 0) is 30.7 Å². The highest BCUT2D eigenvalue weighted by Gasteiger charge is 2.25. The Morgan fingerprint density at radius 3 is 2.39 bits per heavy atom. The van der Waals surface area contributed by atoms with E-state index >= 15 is 0 Å². The van der Waals surface area contributed by atoms with Crippen LogP contribution in [-0.4, -0.2) is 60.9 Å². The number of hydrogen-bond donors (Lipinski definition) is 2. The molecule has 0 unspecified atom stereocenters. The largest absolute Gasteiger partial charge is 0.374 e. The summed E-state index contributed by atoms with van der Waals surface area (Å²) < 4.78 is 0. The molecule has 6 nitrogen and oxygen atoms in total. The second kappa shape index (κ2) is 9.37. The first-order valence-corrected chi connectivity index (χ1v) is 9.70. The zero-order valence-corrected chi connectivity index (χ0v) is 16.5. The Hall–Kier alpha value is -2.86. The van der Waals surface area contributed by atoms with E-state index in [4.69, 9.17) is 0 Å². The van der Waals surface area contributed by atoms with Crippen LogP contribution in [0.4, 0.5) is 5.69 Å². The van der Waals surface area contributed by atoms with E-state index in [1.165, 1.54) is 5.56 Å². The minimum atomic E-state index is -0.347. The standard InChI is InChI=1S/C22H28N4O2/c1-17(24-20-10-6-9-19(15-20)21(27)23-2)22(28)26-13-11-25(12-14-26)16-18-7-4-3-5-8-18/h3-10,15,17,24H,11-14,16H2,1-2H3,(H,23,27)/t17-/m1/s1. The molecule has 2 aromatic carbocycles. The maximum Gasteiger partial charge on any atom is 0.251 e. The van der Waals surface area contributed by atoms with E-state index in [1.807, 2.05) is 30.0 Å². The highest BCUT2D eigenvalue weighted by Crippen LogP contribution is 2.14. The molecular formula is C22H28N4O2. The van der Waals surface area contributed by atoms with Crippen LogP contribution in [-0.2, 0) is 11.3 Å². The van der Waals surface area contributed by atoms with Crippen LogP contribution in [0.15, 0.2) is 54.6 Å². The molecule has 0 spiro atoms. The number of nitrogens with zero attached hydrogens (tertiary/aromatic N) is 2. The molecular weight excluding hydrogens is 352 g/mol. The van der Waals surface area contributed by atoms with E-state index in [0.29, 0.717) is 5.56 Å². The van der Waals surface area contributed by atoms with Crippen molar-refractivity contribution < 1.29 is 9.59 Å². The van der Waals surface area contributed by atoms with Crippen LogP contribution < -0.4 is 10.6 Å². The van der Waals surface area contributed by atoms with Gasteiger partial charge in [0.1, 0.15) is 6.04 Å². The molecule has 2 amide bonds. The predicted octanol–water partition coefficient (Wildman–Crippen LogP) is 2.19. The summed E-state index contributed by atoms with van der Waals surface area (Å²) in [5.41, 5.74) is 2.64. The minimum absolute atomic E-state index is 0.0877. The summed E-state index contributed by atoms with van der Waals surface area (Å²) in [4.78, 5) is 28.9. The van der Waals surface area contributed by atoms with E-state index in [9.17, 15) is 9.59 Å². The number of anilines is 1. The molecule has 1 saturated heterocycles. The maximum atomic E-state index is 12.8. The molecule has 1 heterocycles. The fourth-order valence-corrected chi connectivity index (χ4v) is 3.45. The van der Waals surface area contributed by atoms with Crippen LogP contribution in [0.2, 0.25) is 0 Å². The highest BCUT2D eigenvalue weighted by molar-refractivity contribution is 5.95. The van der Waals surface area contributed by atoms with Gasteiger partial charge in [-0.1, -0.05) is 36.4 Å². The van der Waals surface area contributed by atoms with Gasteiger partial charge in [0.05, 0.1) is 0 Å². The lowest BCUT2D eigenvalue weighted by molar-refractivity contribution is -0.133. The van der Waals surface area contributed by atoms with Crippen LogP contribution >= 0.6 is 0 Å². The van der Waals surface area contributed by atoms with E-state index < -0.39 is 0 Å². The molecule has 28 heavy (non-hydrogen) atoms. The third kappa shape index (κ3) is 5.10. The summed E-state index contributed by atoms with van der Waals surface area (Å²) in [6, 6.07) is 17.3. The number of piperazine rings is 1. The van der Waals surface area contributed by atoms with Gasteiger partial charge in [0.15, 0.2) is 0 Å². The Kier molecular flexibility index (Phi) is 6.66. The van der Waals surface area contributed by atoms with E-state index in [1.54, 1.807) is 19.2 Å². The molecule has 0 aliphatic carbocycles. The third-order valence-electron chi connectivity index (χ3n) is 5.04. The summed E-state index contributed by atoms with van der Waals surface area (Å²) >= 11 is 0. The molecule has 0 bridgehead atoms. The Bertz CT molecular complexity index is 801. The van der Waals surface area contributed by atoms with Crippen molar-refractivity contribution in [3.8, 4) is 0 Å². The van der Waals surface area contributed by atoms with Gasteiger partial charge in [-0.3, -0.25) is 14.5 Å². The number of carbonyl (C=O) groups excluding carboxylic acids is 2. The zero-order valence-electron chi connectivity index (χ0n) is 16.5. The van der Waals surface area contributed by atoms with Crippen molar-refractivity contribution >= 4 is 17.5 Å². The van der Waals surface area contributed by atoms with Crippen molar-refractivity contribution in [2.24, 2.45) is 0 Å². The van der Waals surface area contributed by atoms with Crippen molar-refractivity contribution in [1.29, 1.82) is 0 Å². The monoisotopic (exact) mass is 380 g/mol. The van der Waals surface area contributed by atoms with Crippen LogP contribution in [0.1, 0.15) is 22.8 Å². The maximum absolute atomic E-state index is 12.8. The number of carbonyl (C=O) groups is 2. The fraction of sp³-hybridized carbons (Fsp3) is 0.364. The third-order valence-corrected chi connectivity index (χ3v) is 5.04. The molecule has 2 aromatic rings. The summed E-state index contributed by atoms with van der Waals surface area (Å²) in [5.74, 6) is -0.0538. The molecule has 0 radical (unpaired) electrons. The number of benzene rings is 2. The van der Waals surface area contributed by atoms with Crippen LogP contribution in [0, 0.1) is 0 Å². The normalized spacial score (nSPS) is 15.7. The topological polar surface area (TPSA) is 64.7 Å². The van der Waals surface area contributed by atoms with Crippen molar-refractivity contribution in [2.75, 3.05) is 38.5 Å². The van der Waals surface area contributed by atoms with Crippen LogP contribution in [0.25, 0.3) is 0 Å². The first-order chi connectivity index (χ1) is 13.6. The molecule has 0 aromatic heterocycles. The summed E-state index contributed by atoms with van der Waals surface area (Å²) in [6.07, 6.45) is 0. The second-order valence-electron chi connectivity index (χ2n) is 7.11. The summed E-state index contributed by atoms with van der Waals surface area (Å²) in [6.45, 7) is 6.00. The van der Waals surface area contributed by atoms with Gasteiger partial charge < -0.3 is 15.5 Å². The second-order valence-corrected chi connectivity index (χ2v) is 7.11. The summed E-state index contributed by atoms with van der Waals surface area (Å²) in [5, 5.41) is 5.84. The van der Waals surface area contributed by atoms with Crippen LogP contribution in [0.5, 0.6) is 0 Å².